The van der Waals surface area contributed by atoms with Gasteiger partial charge in [-0.05, 0) is 67.3 Å². The molecule has 0 aliphatic heterocycles. The van der Waals surface area contributed by atoms with Crippen molar-refractivity contribution in [2.75, 3.05) is 19.8 Å². The van der Waals surface area contributed by atoms with Crippen molar-refractivity contribution in [2.24, 2.45) is 0 Å². The minimum absolute atomic E-state index is 0.0202. The molecule has 1 N–H and O–H groups in total. The summed E-state index contributed by atoms with van der Waals surface area (Å²) in [6, 6.07) is 24.0. The summed E-state index contributed by atoms with van der Waals surface area (Å²) in [5, 5.41) is 8.68. The third-order valence-corrected chi connectivity index (χ3v) is 5.83. The van der Waals surface area contributed by atoms with Gasteiger partial charge in [0.2, 0.25) is 0 Å². The molecule has 0 aromatic heterocycles. The third kappa shape index (κ3) is 12.5. The van der Waals surface area contributed by atoms with Crippen LogP contribution < -0.4 is 4.74 Å². The van der Waals surface area contributed by atoms with Gasteiger partial charge in [0.15, 0.2) is 0 Å². The van der Waals surface area contributed by atoms with Crippen molar-refractivity contribution in [1.29, 1.82) is 0 Å². The highest BCUT2D eigenvalue weighted by Gasteiger charge is 2.12. The molecule has 0 aliphatic carbocycles. The lowest BCUT2D eigenvalue weighted by Gasteiger charge is -2.13. The first-order valence-corrected chi connectivity index (χ1v) is 13.5. The molecule has 1 atom stereocenters. The fraction of sp³-hybridized carbons (Fsp3) is 0.333. The van der Waals surface area contributed by atoms with Gasteiger partial charge in [0.05, 0.1) is 30.4 Å². The molecular weight excluding hydrogens is 492 g/mol. The summed E-state index contributed by atoms with van der Waals surface area (Å²) in [5.74, 6) is -0.541. The zero-order chi connectivity index (χ0) is 28.3. The van der Waals surface area contributed by atoms with Crippen LogP contribution >= 0.6 is 0 Å². The molecule has 3 aromatic carbocycles. The molecule has 208 valence electrons. The average Bonchev–Trinajstić information content (AvgIpc) is 2.96. The molecule has 6 heteroatoms. The van der Waals surface area contributed by atoms with E-state index in [2.05, 4.69) is 25.6 Å². The Labute approximate surface area is 232 Å². The van der Waals surface area contributed by atoms with Crippen molar-refractivity contribution in [1.82, 2.24) is 0 Å². The van der Waals surface area contributed by atoms with Gasteiger partial charge in [0.1, 0.15) is 12.4 Å². The highest BCUT2D eigenvalue weighted by Crippen LogP contribution is 2.20. The van der Waals surface area contributed by atoms with Crippen molar-refractivity contribution in [3.05, 3.63) is 103 Å². The van der Waals surface area contributed by atoms with E-state index in [4.69, 9.17) is 19.3 Å². The van der Waals surface area contributed by atoms with Crippen molar-refractivity contribution >= 4 is 11.9 Å². The number of aromatic carboxylic acids is 1. The molecule has 0 spiro atoms. The summed E-state index contributed by atoms with van der Waals surface area (Å²) < 4.78 is 16.0. The third-order valence-electron chi connectivity index (χ3n) is 5.83. The number of carbonyl (C=O) groups excluding carboxylic acids is 1. The molecule has 0 radical (unpaired) electrons. The van der Waals surface area contributed by atoms with Crippen molar-refractivity contribution in [3.63, 3.8) is 0 Å². The SMILES string of the molecule is C=CCOCCOc1ccc(C(=O)O)cc1.CCCCCC[C@@H](C)OC(=O)c1ccc(-c2ccccc2)cc1. The number of carboxylic acid groups (broad SMARTS) is 1. The molecule has 0 saturated carbocycles. The molecule has 0 aliphatic rings. The van der Waals surface area contributed by atoms with Crippen LogP contribution in [0.4, 0.5) is 0 Å². The Kier molecular flexibility index (Phi) is 14.8. The highest BCUT2D eigenvalue weighted by molar-refractivity contribution is 5.90. The van der Waals surface area contributed by atoms with E-state index in [1.54, 1.807) is 18.2 Å². The van der Waals surface area contributed by atoms with Gasteiger partial charge in [0, 0.05) is 0 Å². The Balaban J connectivity index is 0.000000293. The van der Waals surface area contributed by atoms with Crippen LogP contribution in [0.5, 0.6) is 5.75 Å². The molecule has 3 aromatic rings. The summed E-state index contributed by atoms with van der Waals surface area (Å²) in [6.07, 6.45) is 7.39. The second-order valence-corrected chi connectivity index (χ2v) is 9.05. The van der Waals surface area contributed by atoms with Gasteiger partial charge in [-0.1, -0.05) is 74.7 Å². The Hall–Kier alpha value is -3.90. The fourth-order valence-electron chi connectivity index (χ4n) is 3.68. The number of carboxylic acids is 1. The number of benzene rings is 3. The number of unbranched alkanes of at least 4 members (excludes halogenated alkanes) is 3. The van der Waals surface area contributed by atoms with Crippen LogP contribution in [-0.2, 0) is 9.47 Å². The van der Waals surface area contributed by atoms with Crippen LogP contribution in [0.1, 0.15) is 66.7 Å². The van der Waals surface area contributed by atoms with Crippen molar-refractivity contribution in [2.45, 2.75) is 52.1 Å². The van der Waals surface area contributed by atoms with Crippen molar-refractivity contribution in [3.8, 4) is 16.9 Å². The van der Waals surface area contributed by atoms with Gasteiger partial charge in [-0.3, -0.25) is 0 Å². The van der Waals surface area contributed by atoms with Gasteiger partial charge in [0.25, 0.3) is 0 Å². The van der Waals surface area contributed by atoms with Gasteiger partial charge >= 0.3 is 11.9 Å². The molecule has 0 amide bonds. The predicted molar refractivity (Wildman–Crippen MR) is 155 cm³/mol. The summed E-state index contributed by atoms with van der Waals surface area (Å²) in [6.45, 7) is 9.10. The molecule has 0 saturated heterocycles. The van der Waals surface area contributed by atoms with Crippen LogP contribution in [0.15, 0.2) is 91.5 Å². The summed E-state index contributed by atoms with van der Waals surface area (Å²) >= 11 is 0. The second kappa shape index (κ2) is 18.4. The normalized spacial score (nSPS) is 11.0. The standard InChI is InChI=1S/C21H26O2.C12H14O4/c1-3-4-5-7-10-17(2)23-21(22)20-15-13-19(14-16-20)18-11-8-6-9-12-18;1-2-7-15-8-9-16-11-5-3-10(4-6-11)12(13)14/h6,8-9,11-17H,3-5,7,10H2,1-2H3;2-6H,1,7-9H2,(H,13,14)/t17-;/m1./s1. The van der Waals surface area contributed by atoms with Crippen molar-refractivity contribution < 1.29 is 28.9 Å². The first-order valence-electron chi connectivity index (χ1n) is 13.5. The van der Waals surface area contributed by atoms with Crippen LogP contribution in [0.3, 0.4) is 0 Å². The molecule has 3 rings (SSSR count). The maximum Gasteiger partial charge on any atom is 0.338 e. The first kappa shape index (κ1) is 31.3. The molecule has 6 nitrogen and oxygen atoms in total. The zero-order valence-electron chi connectivity index (χ0n) is 23.0. The molecule has 0 heterocycles. The lowest BCUT2D eigenvalue weighted by molar-refractivity contribution is 0.0319. The van der Waals surface area contributed by atoms with E-state index in [1.807, 2.05) is 49.4 Å². The smallest absolute Gasteiger partial charge is 0.338 e. The number of rotatable bonds is 15. The maximum atomic E-state index is 12.2. The Morgan fingerprint density at radius 2 is 1.49 bits per heavy atom. The second-order valence-electron chi connectivity index (χ2n) is 9.05. The Morgan fingerprint density at radius 3 is 2.10 bits per heavy atom. The fourth-order valence-corrected chi connectivity index (χ4v) is 3.68. The van der Waals surface area contributed by atoms with Crippen LogP contribution in [0.2, 0.25) is 0 Å². The minimum atomic E-state index is -0.944. The van der Waals surface area contributed by atoms with E-state index in [9.17, 15) is 9.59 Å². The average molecular weight is 533 g/mol. The Bertz CT molecular complexity index is 1110. The summed E-state index contributed by atoms with van der Waals surface area (Å²) in [5.41, 5.74) is 3.12. The molecular formula is C33H40O6. The maximum absolute atomic E-state index is 12.2. The van der Waals surface area contributed by atoms with Gasteiger partial charge in [-0.15, -0.1) is 6.58 Å². The molecule has 39 heavy (non-hydrogen) atoms. The summed E-state index contributed by atoms with van der Waals surface area (Å²) in [4.78, 5) is 22.7. The van der Waals surface area contributed by atoms with E-state index >= 15 is 0 Å². The minimum Gasteiger partial charge on any atom is -0.491 e. The van der Waals surface area contributed by atoms with E-state index in [-0.39, 0.29) is 17.6 Å². The Morgan fingerprint density at radius 1 is 0.846 bits per heavy atom. The van der Waals surface area contributed by atoms with E-state index in [1.165, 1.54) is 31.4 Å². The van der Waals surface area contributed by atoms with Crippen LogP contribution in [-0.4, -0.2) is 43.0 Å². The molecule has 0 unspecified atom stereocenters. The lowest BCUT2D eigenvalue weighted by Crippen LogP contribution is -2.15. The largest absolute Gasteiger partial charge is 0.491 e. The topological polar surface area (TPSA) is 82.1 Å². The monoisotopic (exact) mass is 532 g/mol. The van der Waals surface area contributed by atoms with E-state index in [0.717, 1.165) is 24.0 Å². The van der Waals surface area contributed by atoms with E-state index < -0.39 is 5.97 Å². The van der Waals surface area contributed by atoms with E-state index in [0.29, 0.717) is 31.1 Å². The first-order chi connectivity index (χ1) is 18.9. The number of esters is 1. The predicted octanol–water partition coefficient (Wildman–Crippen LogP) is 7.84. The summed E-state index contributed by atoms with van der Waals surface area (Å²) in [7, 11) is 0. The molecule has 0 fully saturated rings. The number of carbonyl (C=O) groups is 2. The lowest BCUT2D eigenvalue weighted by atomic mass is 10.0. The molecule has 0 bridgehead atoms. The van der Waals surface area contributed by atoms with Crippen LogP contribution in [0, 0.1) is 0 Å². The highest BCUT2D eigenvalue weighted by atomic mass is 16.5. The van der Waals surface area contributed by atoms with Gasteiger partial charge in [-0.25, -0.2) is 9.59 Å². The number of hydrogen-bond acceptors (Lipinski definition) is 5. The zero-order valence-corrected chi connectivity index (χ0v) is 23.0. The van der Waals surface area contributed by atoms with Crippen LogP contribution in [0.25, 0.3) is 11.1 Å². The quantitative estimate of drug-likeness (QED) is 0.122. The van der Waals surface area contributed by atoms with Gasteiger partial charge in [-0.2, -0.15) is 0 Å². The number of hydrogen-bond donors (Lipinski definition) is 1. The number of ether oxygens (including phenoxy) is 3. The van der Waals surface area contributed by atoms with Gasteiger partial charge < -0.3 is 19.3 Å².